The van der Waals surface area contributed by atoms with Gasteiger partial charge in [0.2, 0.25) is 0 Å². The average molecular weight is 298 g/mol. The Hall–Kier alpha value is 0.1000. The molecule has 0 aromatic carbocycles. The molecular weight excluding hydrogens is 275 g/mol. The quantitative estimate of drug-likeness (QED) is 0.732. The molecule has 18 heavy (non-hydrogen) atoms. The summed E-state index contributed by atoms with van der Waals surface area (Å²) in [6.07, 6.45) is 1.68. The van der Waals surface area contributed by atoms with Crippen LogP contribution in [0.4, 0.5) is 0 Å². The summed E-state index contributed by atoms with van der Waals surface area (Å²) in [6.45, 7) is 6.29. The monoisotopic (exact) mass is 298 g/mol. The maximum atomic E-state index is 12.5. The fraction of sp³-hybridized carbons (Fsp3) is 1.00. The van der Waals surface area contributed by atoms with E-state index in [9.17, 15) is 22.8 Å². The van der Waals surface area contributed by atoms with Crippen LogP contribution < -0.4 is 0 Å². The lowest BCUT2D eigenvalue weighted by Gasteiger charge is -2.40. The summed E-state index contributed by atoms with van der Waals surface area (Å²) in [5.41, 5.74) is 0. The summed E-state index contributed by atoms with van der Waals surface area (Å²) < 4.78 is 35.0. The van der Waals surface area contributed by atoms with Crippen molar-refractivity contribution >= 4 is 17.4 Å². The van der Waals surface area contributed by atoms with Gasteiger partial charge in [0.15, 0.2) is 14.3 Å². The molecule has 1 saturated carbocycles. The Bertz CT molecular complexity index is 436. The molecule has 2 N–H and O–H groups in total. The third-order valence-corrected chi connectivity index (χ3v) is 10.1. The Balaban J connectivity index is 3.38. The zero-order chi connectivity index (χ0) is 14.4. The topological polar surface area (TPSA) is 91.7 Å². The van der Waals surface area contributed by atoms with Crippen molar-refractivity contribution in [3.8, 4) is 0 Å². The summed E-state index contributed by atoms with van der Waals surface area (Å²) in [6, 6.07) is 0. The summed E-state index contributed by atoms with van der Waals surface area (Å²) in [4.78, 5) is 19.3. The molecule has 1 rings (SSSR count). The normalized spacial score (nSPS) is 18.7. The molecule has 0 spiro atoms. The van der Waals surface area contributed by atoms with Crippen molar-refractivity contribution in [3.63, 3.8) is 0 Å². The Morgan fingerprint density at radius 1 is 1.17 bits per heavy atom. The van der Waals surface area contributed by atoms with E-state index in [1.165, 1.54) is 0 Å². The molecule has 0 amide bonds. The zero-order valence-corrected chi connectivity index (χ0v) is 13.0. The van der Waals surface area contributed by atoms with E-state index in [2.05, 4.69) is 0 Å². The van der Waals surface area contributed by atoms with Crippen molar-refractivity contribution in [1.29, 1.82) is 0 Å². The fourth-order valence-corrected chi connectivity index (χ4v) is 8.64. The summed E-state index contributed by atoms with van der Waals surface area (Å²) in [5.74, 6) is -1.27. The molecule has 0 unspecified atom stereocenters. The van der Waals surface area contributed by atoms with Gasteiger partial charge in [-0.25, -0.2) is 8.42 Å². The van der Waals surface area contributed by atoms with Gasteiger partial charge in [-0.3, -0.25) is 4.57 Å². The maximum Gasteiger partial charge on any atom is 0.347 e. The van der Waals surface area contributed by atoms with Crippen LogP contribution >= 0.6 is 7.60 Å². The molecular formula is C11H23O5PS. The van der Waals surface area contributed by atoms with Crippen LogP contribution in [0.5, 0.6) is 0 Å². The number of hydrogen-bond acceptors (Lipinski definition) is 3. The van der Waals surface area contributed by atoms with Crippen molar-refractivity contribution in [2.24, 2.45) is 17.8 Å². The van der Waals surface area contributed by atoms with Gasteiger partial charge in [-0.1, -0.05) is 27.7 Å². The standard InChI is InChI=1S/C11H23O5PS/c1-8(2)11(9(3)4,17(12,13)14)18(15,16)7-10-5-6-10/h8-10H,5-7H2,1-4H3,(H2,12,13,14). The SMILES string of the molecule is CC(C)C(C(C)C)(P(=O)(O)O)S(=O)(=O)CC1CC1. The van der Waals surface area contributed by atoms with Gasteiger partial charge in [-0.05, 0) is 30.6 Å². The first-order valence-electron chi connectivity index (χ1n) is 6.24. The van der Waals surface area contributed by atoms with E-state index in [0.717, 1.165) is 12.8 Å². The summed E-state index contributed by atoms with van der Waals surface area (Å²) in [7, 11) is -8.60. The maximum absolute atomic E-state index is 12.5. The highest BCUT2D eigenvalue weighted by Crippen LogP contribution is 2.62. The zero-order valence-electron chi connectivity index (χ0n) is 11.3. The van der Waals surface area contributed by atoms with E-state index >= 15 is 0 Å². The second kappa shape index (κ2) is 4.89. The van der Waals surface area contributed by atoms with E-state index < -0.39 is 33.8 Å². The van der Waals surface area contributed by atoms with Crippen molar-refractivity contribution < 1.29 is 22.8 Å². The van der Waals surface area contributed by atoms with Crippen molar-refractivity contribution in [3.05, 3.63) is 0 Å². The predicted octanol–water partition coefficient (Wildman–Crippen LogP) is 2.00. The molecule has 0 heterocycles. The highest BCUT2D eigenvalue weighted by atomic mass is 32.2. The second-order valence-corrected chi connectivity index (χ2v) is 10.2. The third-order valence-electron chi connectivity index (χ3n) is 3.76. The number of rotatable bonds is 6. The molecule has 0 aliphatic heterocycles. The molecule has 0 saturated heterocycles. The van der Waals surface area contributed by atoms with Gasteiger partial charge in [-0.2, -0.15) is 0 Å². The van der Waals surface area contributed by atoms with Crippen molar-refractivity contribution in [1.82, 2.24) is 0 Å². The molecule has 0 aromatic rings. The van der Waals surface area contributed by atoms with Gasteiger partial charge in [0, 0.05) is 0 Å². The number of sulfone groups is 1. The van der Waals surface area contributed by atoms with Crippen LogP contribution in [0.1, 0.15) is 40.5 Å². The molecule has 0 bridgehead atoms. The van der Waals surface area contributed by atoms with Crippen molar-refractivity contribution in [2.75, 3.05) is 5.75 Å². The number of hydrogen-bond donors (Lipinski definition) is 2. The molecule has 108 valence electrons. The van der Waals surface area contributed by atoms with E-state index in [1.807, 2.05) is 0 Å². The lowest BCUT2D eigenvalue weighted by molar-refractivity contribution is 0.291. The van der Waals surface area contributed by atoms with Gasteiger partial charge >= 0.3 is 7.60 Å². The second-order valence-electron chi connectivity index (χ2n) is 5.83. The van der Waals surface area contributed by atoms with E-state index in [1.54, 1.807) is 27.7 Å². The molecule has 1 aliphatic carbocycles. The molecule has 0 aromatic heterocycles. The summed E-state index contributed by atoms with van der Waals surface area (Å²) in [5, 5.41) is 0. The third kappa shape index (κ3) is 2.53. The Kier molecular flexibility index (Phi) is 4.39. The first-order chi connectivity index (χ1) is 7.97. The van der Waals surface area contributed by atoms with Crippen LogP contribution in [0.25, 0.3) is 0 Å². The van der Waals surface area contributed by atoms with Gasteiger partial charge in [-0.15, -0.1) is 0 Å². The Morgan fingerprint density at radius 3 is 1.78 bits per heavy atom. The minimum absolute atomic E-state index is 0.0819. The fourth-order valence-electron chi connectivity index (χ4n) is 2.97. The van der Waals surface area contributed by atoms with Gasteiger partial charge < -0.3 is 9.79 Å². The average Bonchev–Trinajstić information content (AvgIpc) is 2.81. The molecule has 0 atom stereocenters. The highest BCUT2D eigenvalue weighted by molar-refractivity contribution is 7.99. The van der Waals surface area contributed by atoms with Crippen LogP contribution in [0.15, 0.2) is 0 Å². The van der Waals surface area contributed by atoms with Crippen LogP contribution in [0.3, 0.4) is 0 Å². The Morgan fingerprint density at radius 2 is 1.56 bits per heavy atom. The summed E-state index contributed by atoms with van der Waals surface area (Å²) >= 11 is 0. The largest absolute Gasteiger partial charge is 0.347 e. The Labute approximate surface area is 109 Å². The van der Waals surface area contributed by atoms with Crippen molar-refractivity contribution in [2.45, 2.75) is 45.0 Å². The van der Waals surface area contributed by atoms with Gasteiger partial charge in [0.25, 0.3) is 0 Å². The minimum Gasteiger partial charge on any atom is -0.323 e. The van der Waals surface area contributed by atoms with Gasteiger partial charge in [0.1, 0.15) is 0 Å². The highest BCUT2D eigenvalue weighted by Gasteiger charge is 2.61. The molecule has 0 radical (unpaired) electrons. The molecule has 7 heteroatoms. The predicted molar refractivity (Wildman–Crippen MR) is 71.0 cm³/mol. The van der Waals surface area contributed by atoms with Crippen LogP contribution in [0, 0.1) is 17.8 Å². The first kappa shape index (κ1) is 16.2. The van der Waals surface area contributed by atoms with E-state index in [0.29, 0.717) is 0 Å². The van der Waals surface area contributed by atoms with E-state index in [-0.39, 0.29) is 11.7 Å². The lowest BCUT2D eigenvalue weighted by atomic mass is 9.99. The molecule has 5 nitrogen and oxygen atoms in total. The van der Waals surface area contributed by atoms with Crippen LogP contribution in [0.2, 0.25) is 0 Å². The van der Waals surface area contributed by atoms with Crippen LogP contribution in [-0.2, 0) is 14.4 Å². The van der Waals surface area contributed by atoms with Gasteiger partial charge in [0.05, 0.1) is 5.75 Å². The van der Waals surface area contributed by atoms with Crippen LogP contribution in [-0.4, -0.2) is 28.4 Å². The first-order valence-corrected chi connectivity index (χ1v) is 9.51. The smallest absolute Gasteiger partial charge is 0.323 e. The minimum atomic E-state index is -4.76. The lowest BCUT2D eigenvalue weighted by Crippen LogP contribution is -2.49. The van der Waals surface area contributed by atoms with E-state index in [4.69, 9.17) is 0 Å². The molecule has 1 fully saturated rings. The molecule has 1 aliphatic rings.